The van der Waals surface area contributed by atoms with Crippen molar-refractivity contribution in [2.24, 2.45) is 7.05 Å². The molecule has 2 aromatic rings. The number of hydrogen-bond donors (Lipinski definition) is 2. The molecule has 0 atom stereocenters. The van der Waals surface area contributed by atoms with Crippen molar-refractivity contribution < 1.29 is 18.3 Å². The van der Waals surface area contributed by atoms with E-state index in [1.54, 1.807) is 0 Å². The molecule has 1 aromatic heterocycles. The first-order valence-corrected chi connectivity index (χ1v) is 7.62. The van der Waals surface area contributed by atoms with Crippen molar-refractivity contribution in [3.8, 4) is 0 Å². The summed E-state index contributed by atoms with van der Waals surface area (Å²) >= 11 is 3.14. The molecule has 2 rings (SSSR count). The van der Waals surface area contributed by atoms with Crippen LogP contribution in [0.25, 0.3) is 0 Å². The van der Waals surface area contributed by atoms with Crippen LogP contribution in [0.5, 0.6) is 0 Å². The summed E-state index contributed by atoms with van der Waals surface area (Å²) < 4.78 is 28.3. The molecule has 106 valence electrons. The molecule has 0 fully saturated rings. The number of benzene rings is 1. The van der Waals surface area contributed by atoms with E-state index in [-0.39, 0.29) is 16.3 Å². The predicted octanol–water partition coefficient (Wildman–Crippen LogP) is 1.68. The van der Waals surface area contributed by atoms with Gasteiger partial charge in [-0.2, -0.15) is 13.5 Å². The normalized spacial score (nSPS) is 11.3. The fourth-order valence-electron chi connectivity index (χ4n) is 1.60. The van der Waals surface area contributed by atoms with E-state index in [0.717, 1.165) is 0 Å². The zero-order valence-electron chi connectivity index (χ0n) is 10.2. The maximum absolute atomic E-state index is 12.1. The van der Waals surface area contributed by atoms with E-state index in [9.17, 15) is 13.2 Å². The van der Waals surface area contributed by atoms with Gasteiger partial charge in [-0.05, 0) is 24.3 Å². The summed E-state index contributed by atoms with van der Waals surface area (Å²) in [5.74, 6) is -1.15. The highest BCUT2D eigenvalue weighted by Gasteiger charge is 2.19. The summed E-state index contributed by atoms with van der Waals surface area (Å²) in [7, 11) is -2.33. The number of nitrogens with one attached hydrogen (secondary N) is 1. The number of aryl methyl sites for hydroxylation is 1. The molecule has 20 heavy (non-hydrogen) atoms. The molecule has 9 heteroatoms. The summed E-state index contributed by atoms with van der Waals surface area (Å²) in [4.78, 5) is 10.9. The fourth-order valence-corrected chi connectivity index (χ4v) is 3.27. The number of carbonyl (C=O) groups is 1. The molecule has 0 bridgehead atoms. The molecule has 0 unspecified atom stereocenters. The summed E-state index contributed by atoms with van der Waals surface area (Å²) in [6.45, 7) is 0. The molecule has 0 amide bonds. The van der Waals surface area contributed by atoms with Crippen LogP contribution in [-0.2, 0) is 17.1 Å². The Morgan fingerprint density at radius 1 is 1.40 bits per heavy atom. The molecule has 0 spiro atoms. The smallest absolute Gasteiger partial charge is 0.335 e. The van der Waals surface area contributed by atoms with Gasteiger partial charge >= 0.3 is 5.97 Å². The standard InChI is InChI=1S/C11H10BrN3O4S/c1-15-10(2-3-13-15)20(18,19)14-9-5-7(11(16)17)4-8(12)6-9/h2-6,14H,1H3,(H,16,17). The average molecular weight is 360 g/mol. The molecule has 0 aliphatic carbocycles. The highest BCUT2D eigenvalue weighted by Crippen LogP contribution is 2.22. The third kappa shape index (κ3) is 2.99. The minimum atomic E-state index is -3.82. The molecular weight excluding hydrogens is 350 g/mol. The van der Waals surface area contributed by atoms with Crippen LogP contribution < -0.4 is 4.72 Å². The number of carboxylic acids is 1. The van der Waals surface area contributed by atoms with E-state index in [4.69, 9.17) is 5.11 Å². The van der Waals surface area contributed by atoms with Crippen LogP contribution in [-0.4, -0.2) is 29.3 Å². The van der Waals surface area contributed by atoms with Crippen molar-refractivity contribution in [2.45, 2.75) is 5.03 Å². The number of halogens is 1. The van der Waals surface area contributed by atoms with Gasteiger partial charge in [0.1, 0.15) is 0 Å². The molecule has 2 N–H and O–H groups in total. The van der Waals surface area contributed by atoms with Gasteiger partial charge in [0.05, 0.1) is 17.4 Å². The number of hydrogen-bond acceptors (Lipinski definition) is 4. The molecule has 1 heterocycles. The Kier molecular flexibility index (Phi) is 3.82. The largest absolute Gasteiger partial charge is 0.478 e. The van der Waals surface area contributed by atoms with E-state index < -0.39 is 16.0 Å². The summed E-state index contributed by atoms with van der Waals surface area (Å²) in [5.41, 5.74) is 0.125. The van der Waals surface area contributed by atoms with E-state index >= 15 is 0 Å². The summed E-state index contributed by atoms with van der Waals surface area (Å²) in [6, 6.07) is 5.43. The molecule has 0 radical (unpaired) electrons. The first-order valence-electron chi connectivity index (χ1n) is 5.34. The highest BCUT2D eigenvalue weighted by atomic mass is 79.9. The molecule has 1 aromatic carbocycles. The van der Waals surface area contributed by atoms with Gasteiger partial charge in [0.25, 0.3) is 10.0 Å². The Labute approximate surface area is 123 Å². The van der Waals surface area contributed by atoms with Crippen molar-refractivity contribution >= 4 is 37.6 Å². The number of rotatable bonds is 4. The molecule has 0 saturated heterocycles. The zero-order chi connectivity index (χ0) is 14.9. The van der Waals surface area contributed by atoms with Crippen LogP contribution in [0.3, 0.4) is 0 Å². The quantitative estimate of drug-likeness (QED) is 0.864. The van der Waals surface area contributed by atoms with Crippen molar-refractivity contribution in [2.75, 3.05) is 4.72 Å². The zero-order valence-corrected chi connectivity index (χ0v) is 12.6. The van der Waals surface area contributed by atoms with Crippen molar-refractivity contribution in [3.05, 3.63) is 40.5 Å². The number of carboxylic acid groups (broad SMARTS) is 1. The SMILES string of the molecule is Cn1nccc1S(=O)(=O)Nc1cc(Br)cc(C(=O)O)c1. The van der Waals surface area contributed by atoms with Gasteiger partial charge in [-0.1, -0.05) is 15.9 Å². The molecular formula is C11H10BrN3O4S. The minimum absolute atomic E-state index is 0.0191. The van der Waals surface area contributed by atoms with Crippen LogP contribution in [0.2, 0.25) is 0 Å². The van der Waals surface area contributed by atoms with Crippen molar-refractivity contribution in [1.82, 2.24) is 9.78 Å². The van der Waals surface area contributed by atoms with Crippen molar-refractivity contribution in [1.29, 1.82) is 0 Å². The molecule has 7 nitrogen and oxygen atoms in total. The molecule has 0 aliphatic heterocycles. The second-order valence-corrected chi connectivity index (χ2v) is 6.48. The molecule has 0 saturated carbocycles. The van der Waals surface area contributed by atoms with Gasteiger partial charge in [0.15, 0.2) is 5.03 Å². The summed E-state index contributed by atoms with van der Waals surface area (Å²) in [6.07, 6.45) is 1.36. The highest BCUT2D eigenvalue weighted by molar-refractivity contribution is 9.10. The first kappa shape index (κ1) is 14.5. The third-order valence-electron chi connectivity index (χ3n) is 2.45. The maximum atomic E-state index is 12.1. The molecule has 0 aliphatic rings. The number of sulfonamides is 1. The maximum Gasteiger partial charge on any atom is 0.335 e. The van der Waals surface area contributed by atoms with Gasteiger partial charge in [-0.3, -0.25) is 9.40 Å². The number of aromatic nitrogens is 2. The van der Waals surface area contributed by atoms with Gasteiger partial charge in [-0.25, -0.2) is 4.79 Å². The Bertz CT molecular complexity index is 770. The van der Waals surface area contributed by atoms with Crippen molar-refractivity contribution in [3.63, 3.8) is 0 Å². The minimum Gasteiger partial charge on any atom is -0.478 e. The van der Waals surface area contributed by atoms with Gasteiger partial charge in [0.2, 0.25) is 0 Å². The lowest BCUT2D eigenvalue weighted by atomic mass is 10.2. The fraction of sp³-hybridized carbons (Fsp3) is 0.0909. The Balaban J connectivity index is 2.40. The van der Waals surface area contributed by atoms with Crippen LogP contribution in [0.4, 0.5) is 5.69 Å². The topological polar surface area (TPSA) is 101 Å². The van der Waals surface area contributed by atoms with E-state index in [0.29, 0.717) is 4.47 Å². The van der Waals surface area contributed by atoms with E-state index in [2.05, 4.69) is 25.8 Å². The van der Waals surface area contributed by atoms with Crippen LogP contribution >= 0.6 is 15.9 Å². The average Bonchev–Trinajstić information content (AvgIpc) is 2.74. The lowest BCUT2D eigenvalue weighted by molar-refractivity contribution is 0.0697. The van der Waals surface area contributed by atoms with E-state index in [1.165, 1.54) is 42.2 Å². The second-order valence-electron chi connectivity index (χ2n) is 3.93. The van der Waals surface area contributed by atoms with Crippen LogP contribution in [0.1, 0.15) is 10.4 Å². The van der Waals surface area contributed by atoms with Gasteiger partial charge < -0.3 is 5.11 Å². The second kappa shape index (κ2) is 5.25. The van der Waals surface area contributed by atoms with Crippen LogP contribution in [0, 0.1) is 0 Å². The van der Waals surface area contributed by atoms with E-state index in [1.807, 2.05) is 0 Å². The predicted molar refractivity (Wildman–Crippen MR) is 75.1 cm³/mol. The number of aromatic carboxylic acids is 1. The Morgan fingerprint density at radius 2 is 2.10 bits per heavy atom. The Morgan fingerprint density at radius 3 is 2.65 bits per heavy atom. The first-order chi connectivity index (χ1) is 9.29. The van der Waals surface area contributed by atoms with Gasteiger partial charge in [0, 0.05) is 11.5 Å². The summed E-state index contributed by atoms with van der Waals surface area (Å²) in [5, 5.41) is 12.7. The number of anilines is 1. The van der Waals surface area contributed by atoms with Gasteiger partial charge in [-0.15, -0.1) is 0 Å². The van der Waals surface area contributed by atoms with Crippen LogP contribution in [0.15, 0.2) is 40.0 Å². The number of nitrogens with zero attached hydrogens (tertiary/aromatic N) is 2. The Hall–Kier alpha value is -1.87. The third-order valence-corrected chi connectivity index (χ3v) is 4.36. The lowest BCUT2D eigenvalue weighted by Gasteiger charge is -2.09. The monoisotopic (exact) mass is 359 g/mol. The lowest BCUT2D eigenvalue weighted by Crippen LogP contribution is -2.17.